The second-order valence-corrected chi connectivity index (χ2v) is 6.34. The fraction of sp³-hybridized carbons (Fsp3) is 0.333. The predicted octanol–water partition coefficient (Wildman–Crippen LogP) is 4.11. The van der Waals surface area contributed by atoms with Crippen LogP contribution in [-0.2, 0) is 6.42 Å². The molecule has 0 aliphatic heterocycles. The van der Waals surface area contributed by atoms with Gasteiger partial charge in [0.25, 0.3) is 5.91 Å². The van der Waals surface area contributed by atoms with E-state index in [1.165, 1.54) is 5.56 Å². The lowest BCUT2D eigenvalue weighted by Gasteiger charge is -2.22. The van der Waals surface area contributed by atoms with Crippen molar-refractivity contribution in [2.75, 3.05) is 10.6 Å². The van der Waals surface area contributed by atoms with Crippen molar-refractivity contribution in [3.05, 3.63) is 53.9 Å². The number of anilines is 2. The average molecular weight is 297 g/mol. The Labute approximate surface area is 132 Å². The molecule has 22 heavy (non-hydrogen) atoms. The summed E-state index contributed by atoms with van der Waals surface area (Å²) in [5, 5.41) is 6.21. The zero-order valence-electron chi connectivity index (χ0n) is 13.6. The van der Waals surface area contributed by atoms with E-state index < -0.39 is 0 Å². The molecule has 0 atom stereocenters. The van der Waals surface area contributed by atoms with Gasteiger partial charge in [-0.1, -0.05) is 19.1 Å². The first-order chi connectivity index (χ1) is 10.4. The summed E-state index contributed by atoms with van der Waals surface area (Å²) in [6.07, 6.45) is 4.28. The molecule has 2 aromatic rings. The number of rotatable bonds is 4. The number of benzene rings is 1. The molecule has 1 heterocycles. The molecule has 1 amide bonds. The third-order valence-electron chi connectivity index (χ3n) is 3.14. The van der Waals surface area contributed by atoms with Crippen molar-refractivity contribution in [3.8, 4) is 0 Å². The van der Waals surface area contributed by atoms with Gasteiger partial charge in [-0.3, -0.25) is 9.78 Å². The highest BCUT2D eigenvalue weighted by Gasteiger charge is 2.12. The predicted molar refractivity (Wildman–Crippen MR) is 91.4 cm³/mol. The number of aryl methyl sites for hydroxylation is 1. The van der Waals surface area contributed by atoms with Gasteiger partial charge in [0.2, 0.25) is 0 Å². The number of pyridine rings is 1. The molecule has 2 N–H and O–H groups in total. The number of hydrogen-bond donors (Lipinski definition) is 2. The van der Waals surface area contributed by atoms with Crippen molar-refractivity contribution in [2.24, 2.45) is 0 Å². The molecule has 0 aliphatic rings. The van der Waals surface area contributed by atoms with Gasteiger partial charge < -0.3 is 10.6 Å². The second-order valence-electron chi connectivity index (χ2n) is 6.34. The summed E-state index contributed by atoms with van der Waals surface area (Å²) in [6, 6.07) is 9.69. The quantitative estimate of drug-likeness (QED) is 0.893. The van der Waals surface area contributed by atoms with E-state index in [9.17, 15) is 4.79 Å². The van der Waals surface area contributed by atoms with Crippen LogP contribution < -0.4 is 10.6 Å². The molecule has 0 bridgehead atoms. The minimum absolute atomic E-state index is 0.0766. The van der Waals surface area contributed by atoms with Crippen LogP contribution in [0.1, 0.15) is 43.6 Å². The van der Waals surface area contributed by atoms with Crippen molar-refractivity contribution in [1.82, 2.24) is 4.98 Å². The summed E-state index contributed by atoms with van der Waals surface area (Å²) >= 11 is 0. The van der Waals surface area contributed by atoms with E-state index in [0.717, 1.165) is 17.8 Å². The van der Waals surface area contributed by atoms with Crippen LogP contribution in [0.15, 0.2) is 42.7 Å². The molecule has 0 spiro atoms. The Bertz CT molecular complexity index is 642. The molecular weight excluding hydrogens is 274 g/mol. The Morgan fingerprint density at radius 1 is 1.09 bits per heavy atom. The number of nitrogens with one attached hydrogen (secondary N) is 2. The number of nitrogens with zero attached hydrogens (tertiary/aromatic N) is 1. The summed E-state index contributed by atoms with van der Waals surface area (Å²) in [6.45, 7) is 8.30. The number of carbonyl (C=O) groups excluding carboxylic acids is 1. The Hall–Kier alpha value is -2.36. The van der Waals surface area contributed by atoms with Gasteiger partial charge in [-0.15, -0.1) is 0 Å². The summed E-state index contributed by atoms with van der Waals surface area (Å²) in [4.78, 5) is 16.4. The third-order valence-corrected chi connectivity index (χ3v) is 3.14. The topological polar surface area (TPSA) is 54.0 Å². The van der Waals surface area contributed by atoms with E-state index in [1.54, 1.807) is 12.4 Å². The zero-order valence-corrected chi connectivity index (χ0v) is 13.6. The highest BCUT2D eigenvalue weighted by atomic mass is 16.1. The molecule has 2 rings (SSSR count). The van der Waals surface area contributed by atoms with E-state index in [0.29, 0.717) is 5.56 Å². The lowest BCUT2D eigenvalue weighted by molar-refractivity contribution is 0.102. The normalized spacial score (nSPS) is 11.1. The van der Waals surface area contributed by atoms with Crippen LogP contribution in [0.4, 0.5) is 11.4 Å². The molecule has 0 radical (unpaired) electrons. The molecule has 4 nitrogen and oxygen atoms in total. The van der Waals surface area contributed by atoms with Gasteiger partial charge in [0.1, 0.15) is 0 Å². The standard InChI is InChI=1S/C18H23N3O/c1-5-13-6-8-15(9-7-13)20-17(22)14-10-16(12-19-11-14)21-18(2,3)4/h6-12,21H,5H2,1-4H3,(H,20,22). The minimum Gasteiger partial charge on any atom is -0.379 e. The molecule has 1 aromatic heterocycles. The summed E-state index contributed by atoms with van der Waals surface area (Å²) < 4.78 is 0. The summed E-state index contributed by atoms with van der Waals surface area (Å²) in [5.74, 6) is -0.158. The highest BCUT2D eigenvalue weighted by Crippen LogP contribution is 2.16. The minimum atomic E-state index is -0.158. The van der Waals surface area contributed by atoms with Gasteiger partial charge in [0, 0.05) is 23.6 Å². The second kappa shape index (κ2) is 6.60. The van der Waals surface area contributed by atoms with Crippen LogP contribution in [0.5, 0.6) is 0 Å². The summed E-state index contributed by atoms with van der Waals surface area (Å²) in [7, 11) is 0. The molecule has 0 saturated carbocycles. The fourth-order valence-electron chi connectivity index (χ4n) is 2.09. The van der Waals surface area contributed by atoms with Crippen LogP contribution in [0.3, 0.4) is 0 Å². The van der Waals surface area contributed by atoms with Gasteiger partial charge in [-0.25, -0.2) is 0 Å². The van der Waals surface area contributed by atoms with Crippen molar-refractivity contribution < 1.29 is 4.79 Å². The average Bonchev–Trinajstić information content (AvgIpc) is 2.46. The van der Waals surface area contributed by atoms with Crippen molar-refractivity contribution in [2.45, 2.75) is 39.7 Å². The number of hydrogen-bond acceptors (Lipinski definition) is 3. The first-order valence-electron chi connectivity index (χ1n) is 7.51. The van der Waals surface area contributed by atoms with Crippen LogP contribution in [0.2, 0.25) is 0 Å². The summed E-state index contributed by atoms with van der Waals surface area (Å²) in [5.41, 5.74) is 3.33. The van der Waals surface area contributed by atoms with Crippen LogP contribution in [0, 0.1) is 0 Å². The van der Waals surface area contributed by atoms with E-state index >= 15 is 0 Å². The maximum absolute atomic E-state index is 12.3. The third kappa shape index (κ3) is 4.58. The molecule has 4 heteroatoms. The molecule has 116 valence electrons. The van der Waals surface area contributed by atoms with E-state index in [4.69, 9.17) is 0 Å². The lowest BCUT2D eigenvalue weighted by atomic mass is 10.1. The van der Waals surface area contributed by atoms with Gasteiger partial charge in [-0.2, -0.15) is 0 Å². The Kier molecular flexibility index (Phi) is 4.81. The lowest BCUT2D eigenvalue weighted by Crippen LogP contribution is -2.26. The van der Waals surface area contributed by atoms with Crippen LogP contribution >= 0.6 is 0 Å². The molecule has 0 aliphatic carbocycles. The SMILES string of the molecule is CCc1ccc(NC(=O)c2cncc(NC(C)(C)C)c2)cc1. The van der Waals surface area contributed by atoms with Gasteiger partial charge in [0.05, 0.1) is 11.3 Å². The molecule has 0 saturated heterocycles. The smallest absolute Gasteiger partial charge is 0.257 e. The van der Waals surface area contributed by atoms with Crippen LogP contribution in [0.25, 0.3) is 0 Å². The fourth-order valence-corrected chi connectivity index (χ4v) is 2.09. The first-order valence-corrected chi connectivity index (χ1v) is 7.51. The van der Waals surface area contributed by atoms with E-state index in [2.05, 4.69) is 43.3 Å². The number of carbonyl (C=O) groups is 1. The van der Waals surface area contributed by atoms with E-state index in [1.807, 2.05) is 30.3 Å². The number of aromatic nitrogens is 1. The molecule has 0 fully saturated rings. The van der Waals surface area contributed by atoms with E-state index in [-0.39, 0.29) is 11.4 Å². The molecular formula is C18H23N3O. The number of amides is 1. The van der Waals surface area contributed by atoms with Gasteiger partial charge in [-0.05, 0) is 51.0 Å². The van der Waals surface area contributed by atoms with Crippen molar-refractivity contribution in [3.63, 3.8) is 0 Å². The Morgan fingerprint density at radius 2 is 1.77 bits per heavy atom. The van der Waals surface area contributed by atoms with Crippen molar-refractivity contribution >= 4 is 17.3 Å². The Morgan fingerprint density at radius 3 is 2.36 bits per heavy atom. The largest absolute Gasteiger partial charge is 0.379 e. The molecule has 0 unspecified atom stereocenters. The first kappa shape index (κ1) is 16.0. The maximum Gasteiger partial charge on any atom is 0.257 e. The van der Waals surface area contributed by atoms with Crippen LogP contribution in [-0.4, -0.2) is 16.4 Å². The Balaban J connectivity index is 2.10. The highest BCUT2D eigenvalue weighted by molar-refractivity contribution is 6.04. The maximum atomic E-state index is 12.3. The zero-order chi connectivity index (χ0) is 16.2. The monoisotopic (exact) mass is 297 g/mol. The van der Waals surface area contributed by atoms with Crippen molar-refractivity contribution in [1.29, 1.82) is 0 Å². The molecule has 1 aromatic carbocycles. The van der Waals surface area contributed by atoms with Gasteiger partial charge >= 0.3 is 0 Å². The van der Waals surface area contributed by atoms with Gasteiger partial charge in [0.15, 0.2) is 0 Å².